The summed E-state index contributed by atoms with van der Waals surface area (Å²) in [5.74, 6) is -3.00. The molecule has 182 valence electrons. The van der Waals surface area contributed by atoms with Crippen LogP contribution in [-0.2, 0) is 12.7 Å². The first kappa shape index (κ1) is 24.3. The first-order valence-electron chi connectivity index (χ1n) is 10.3. The fourth-order valence-electron chi connectivity index (χ4n) is 3.71. The molecule has 3 N–H and O–H groups in total. The number of alkyl halides is 3. The van der Waals surface area contributed by atoms with E-state index in [9.17, 15) is 32.4 Å². The molecule has 0 spiro atoms. The van der Waals surface area contributed by atoms with Gasteiger partial charge in [0, 0.05) is 5.39 Å². The maximum Gasteiger partial charge on any atom is 0.437 e. The second-order valence-corrected chi connectivity index (χ2v) is 7.74. The maximum atomic E-state index is 14.6. The number of hydrogen-bond donors (Lipinski definition) is 2. The van der Waals surface area contributed by atoms with Gasteiger partial charge in [0.25, 0.3) is 11.8 Å². The first-order valence-corrected chi connectivity index (χ1v) is 10.3. The molecule has 0 aliphatic rings. The fraction of sp³-hybridized carbons (Fsp3) is 0.125. The molecule has 0 atom stereocenters. The normalized spacial score (nSPS) is 11.3. The highest BCUT2D eigenvalue weighted by Gasteiger charge is 2.39. The number of fused-ring (bicyclic) bond motifs is 1. The van der Waals surface area contributed by atoms with Gasteiger partial charge in [-0.05, 0) is 36.8 Å². The lowest BCUT2D eigenvalue weighted by Crippen LogP contribution is -2.20. The van der Waals surface area contributed by atoms with Crippen molar-refractivity contribution < 1.29 is 27.2 Å². The third-order valence-corrected chi connectivity index (χ3v) is 5.45. The Labute approximate surface area is 201 Å². The quantitative estimate of drug-likeness (QED) is 0.401. The lowest BCUT2D eigenvalue weighted by atomic mass is 10.1. The zero-order valence-electron chi connectivity index (χ0n) is 18.5. The minimum Gasteiger partial charge on any atom is -0.364 e. The molecule has 0 unspecified atom stereocenters. The summed E-state index contributed by atoms with van der Waals surface area (Å²) in [4.78, 5) is 28.7. The van der Waals surface area contributed by atoms with E-state index >= 15 is 0 Å². The summed E-state index contributed by atoms with van der Waals surface area (Å²) < 4.78 is 57.2. The number of nitrogens with two attached hydrogens (primary N) is 1. The molecular formula is C24H16F4N6O2. The molecule has 2 aromatic carbocycles. The standard InChI is InChI=1S/C24H16F4N6O2/c1-12-20(21(24(26,27)28)33-34(12)11-14-6-3-2-5-13(14)10-29)32-23(36)15-9-18(22(30)35)31-17-8-4-7-16(25)19(15)17/h2-9H,11H2,1H3,(H2,30,35)(H,32,36). The van der Waals surface area contributed by atoms with Crippen LogP contribution in [0.15, 0.2) is 48.5 Å². The van der Waals surface area contributed by atoms with Crippen molar-refractivity contribution in [1.29, 1.82) is 5.26 Å². The highest BCUT2D eigenvalue weighted by molar-refractivity contribution is 6.14. The number of nitrogens with one attached hydrogen (secondary N) is 1. The van der Waals surface area contributed by atoms with E-state index in [0.29, 0.717) is 5.56 Å². The van der Waals surface area contributed by atoms with Crippen LogP contribution in [0.2, 0.25) is 0 Å². The van der Waals surface area contributed by atoms with Crippen LogP contribution in [0.3, 0.4) is 0 Å². The molecule has 36 heavy (non-hydrogen) atoms. The number of nitriles is 1. The number of amides is 2. The zero-order valence-corrected chi connectivity index (χ0v) is 18.5. The van der Waals surface area contributed by atoms with Crippen LogP contribution < -0.4 is 11.1 Å². The minimum atomic E-state index is -4.95. The van der Waals surface area contributed by atoms with Gasteiger partial charge in [0.15, 0.2) is 5.69 Å². The Bertz CT molecular complexity index is 1570. The van der Waals surface area contributed by atoms with Crippen LogP contribution in [0.25, 0.3) is 10.9 Å². The molecule has 0 fully saturated rings. The van der Waals surface area contributed by atoms with E-state index in [1.165, 1.54) is 25.1 Å². The van der Waals surface area contributed by atoms with Crippen molar-refractivity contribution in [2.45, 2.75) is 19.6 Å². The first-order chi connectivity index (χ1) is 17.0. The van der Waals surface area contributed by atoms with Crippen molar-refractivity contribution in [3.05, 3.63) is 88.1 Å². The summed E-state index contributed by atoms with van der Waals surface area (Å²) >= 11 is 0. The predicted octanol–water partition coefficient (Wildman–Crippen LogP) is 4.17. The van der Waals surface area contributed by atoms with Gasteiger partial charge < -0.3 is 11.1 Å². The smallest absolute Gasteiger partial charge is 0.364 e. The van der Waals surface area contributed by atoms with Gasteiger partial charge in [-0.2, -0.15) is 23.5 Å². The molecule has 2 aromatic heterocycles. The third-order valence-electron chi connectivity index (χ3n) is 5.45. The maximum absolute atomic E-state index is 14.6. The highest BCUT2D eigenvalue weighted by atomic mass is 19.4. The second-order valence-electron chi connectivity index (χ2n) is 7.74. The molecule has 4 aromatic rings. The van der Waals surface area contributed by atoms with Crippen molar-refractivity contribution in [2.75, 3.05) is 5.32 Å². The summed E-state index contributed by atoms with van der Waals surface area (Å²) in [5, 5.41) is 14.8. The van der Waals surface area contributed by atoms with Gasteiger partial charge in [-0.15, -0.1) is 0 Å². The number of primary amides is 1. The van der Waals surface area contributed by atoms with Crippen LogP contribution in [0.4, 0.5) is 23.2 Å². The summed E-state index contributed by atoms with van der Waals surface area (Å²) in [6.07, 6.45) is -4.95. The monoisotopic (exact) mass is 496 g/mol. The average Bonchev–Trinajstić information content (AvgIpc) is 3.14. The van der Waals surface area contributed by atoms with E-state index in [-0.39, 0.29) is 34.4 Å². The van der Waals surface area contributed by atoms with E-state index in [0.717, 1.165) is 16.8 Å². The highest BCUT2D eigenvalue weighted by Crippen LogP contribution is 2.36. The zero-order chi connectivity index (χ0) is 26.2. The fourth-order valence-corrected chi connectivity index (χ4v) is 3.71. The number of rotatable bonds is 5. The van der Waals surface area contributed by atoms with Gasteiger partial charge in [-0.25, -0.2) is 9.37 Å². The van der Waals surface area contributed by atoms with Crippen LogP contribution >= 0.6 is 0 Å². The molecule has 0 bridgehead atoms. The SMILES string of the molecule is Cc1c(NC(=O)c2cc(C(N)=O)nc3cccc(F)c23)c(C(F)(F)F)nn1Cc1ccccc1C#N. The topological polar surface area (TPSA) is 127 Å². The van der Waals surface area contributed by atoms with Crippen LogP contribution in [0, 0.1) is 24.1 Å². The number of carbonyl (C=O) groups excluding carboxylic acids is 2. The molecule has 0 saturated heterocycles. The lowest BCUT2D eigenvalue weighted by molar-refractivity contribution is -0.140. The van der Waals surface area contributed by atoms with Gasteiger partial charge >= 0.3 is 6.18 Å². The molecule has 2 amide bonds. The van der Waals surface area contributed by atoms with Crippen molar-refractivity contribution >= 4 is 28.4 Å². The summed E-state index contributed by atoms with van der Waals surface area (Å²) in [5.41, 5.74) is 2.98. The van der Waals surface area contributed by atoms with E-state index in [1.54, 1.807) is 18.2 Å². The van der Waals surface area contributed by atoms with Gasteiger partial charge in [0.05, 0.1) is 40.6 Å². The Balaban J connectivity index is 1.82. The Hall–Kier alpha value is -4.79. The molecule has 0 saturated carbocycles. The number of nitrogens with zero attached hydrogens (tertiary/aromatic N) is 4. The molecule has 8 nitrogen and oxygen atoms in total. The number of benzene rings is 2. The Morgan fingerprint density at radius 2 is 1.89 bits per heavy atom. The molecule has 0 radical (unpaired) electrons. The van der Waals surface area contributed by atoms with Crippen LogP contribution in [0.5, 0.6) is 0 Å². The largest absolute Gasteiger partial charge is 0.437 e. The Kier molecular flexibility index (Phi) is 6.15. The van der Waals surface area contributed by atoms with Crippen LogP contribution in [-0.4, -0.2) is 26.6 Å². The molecule has 4 rings (SSSR count). The molecule has 12 heteroatoms. The van der Waals surface area contributed by atoms with E-state index in [1.807, 2.05) is 6.07 Å². The summed E-state index contributed by atoms with van der Waals surface area (Å²) in [6, 6.07) is 12.9. The van der Waals surface area contributed by atoms with Crippen molar-refractivity contribution in [3.63, 3.8) is 0 Å². The number of anilines is 1. The van der Waals surface area contributed by atoms with Crippen molar-refractivity contribution in [1.82, 2.24) is 14.8 Å². The minimum absolute atomic E-state index is 0.0580. The Morgan fingerprint density at radius 1 is 1.17 bits per heavy atom. The van der Waals surface area contributed by atoms with Gasteiger partial charge in [0.2, 0.25) is 0 Å². The predicted molar refractivity (Wildman–Crippen MR) is 120 cm³/mol. The van der Waals surface area contributed by atoms with E-state index < -0.39 is 40.8 Å². The number of carbonyl (C=O) groups is 2. The van der Waals surface area contributed by atoms with Gasteiger partial charge in [-0.3, -0.25) is 14.3 Å². The van der Waals surface area contributed by atoms with E-state index in [4.69, 9.17) is 5.73 Å². The summed E-state index contributed by atoms with van der Waals surface area (Å²) in [6.45, 7) is 1.14. The van der Waals surface area contributed by atoms with Gasteiger partial charge in [0.1, 0.15) is 11.5 Å². The number of aromatic nitrogens is 3. The number of hydrogen-bond acceptors (Lipinski definition) is 5. The van der Waals surface area contributed by atoms with Crippen molar-refractivity contribution in [3.8, 4) is 6.07 Å². The molecule has 2 heterocycles. The van der Waals surface area contributed by atoms with E-state index in [2.05, 4.69) is 15.4 Å². The third kappa shape index (κ3) is 4.46. The van der Waals surface area contributed by atoms with Crippen molar-refractivity contribution in [2.24, 2.45) is 5.73 Å². The van der Waals surface area contributed by atoms with Crippen LogP contribution in [0.1, 0.15) is 43.4 Å². The number of halogens is 4. The second kappa shape index (κ2) is 9.10. The molecular weight excluding hydrogens is 480 g/mol. The Morgan fingerprint density at radius 3 is 2.56 bits per heavy atom. The lowest BCUT2D eigenvalue weighted by Gasteiger charge is -2.12. The molecule has 0 aliphatic heterocycles. The summed E-state index contributed by atoms with van der Waals surface area (Å²) in [7, 11) is 0. The average molecular weight is 496 g/mol. The molecule has 0 aliphatic carbocycles. The number of pyridine rings is 1. The van der Waals surface area contributed by atoms with Gasteiger partial charge in [-0.1, -0.05) is 24.3 Å².